The van der Waals surface area contributed by atoms with Crippen molar-refractivity contribution in [1.29, 1.82) is 0 Å². The Balaban J connectivity index is 1.45. The van der Waals surface area contributed by atoms with Crippen molar-refractivity contribution in [1.82, 2.24) is 29.9 Å². The molecule has 0 unspecified atom stereocenters. The van der Waals surface area contributed by atoms with Crippen molar-refractivity contribution in [2.45, 2.75) is 38.1 Å². The summed E-state index contributed by atoms with van der Waals surface area (Å²) < 4.78 is 2.04. The van der Waals surface area contributed by atoms with E-state index in [1.54, 1.807) is 12.7 Å². The molecule has 21 heavy (non-hydrogen) atoms. The highest BCUT2D eigenvalue weighted by atomic mass is 16.2. The van der Waals surface area contributed by atoms with Crippen LogP contribution in [0.15, 0.2) is 12.7 Å². The molecule has 2 aromatic heterocycles. The zero-order valence-electron chi connectivity index (χ0n) is 11.8. The first-order chi connectivity index (χ1) is 10.3. The lowest BCUT2D eigenvalue weighted by Gasteiger charge is -2.32. The Hall–Kier alpha value is -2.18. The molecule has 0 aromatic carbocycles. The molecule has 2 aromatic rings. The fourth-order valence-corrected chi connectivity index (χ4v) is 3.41. The van der Waals surface area contributed by atoms with Crippen LogP contribution < -0.4 is 0 Å². The van der Waals surface area contributed by atoms with E-state index >= 15 is 0 Å². The van der Waals surface area contributed by atoms with E-state index in [4.69, 9.17) is 0 Å². The van der Waals surface area contributed by atoms with Crippen LogP contribution in [0.3, 0.4) is 0 Å². The number of fused-ring (bicyclic) bond motifs is 1. The lowest BCUT2D eigenvalue weighted by Crippen LogP contribution is -2.39. The molecule has 1 aliphatic heterocycles. The van der Waals surface area contributed by atoms with Crippen molar-refractivity contribution >= 4 is 5.91 Å². The van der Waals surface area contributed by atoms with Gasteiger partial charge in [0.15, 0.2) is 5.69 Å². The number of piperidine rings is 1. The van der Waals surface area contributed by atoms with E-state index in [0.717, 1.165) is 56.5 Å². The number of nitrogens with zero attached hydrogens (tertiary/aromatic N) is 5. The van der Waals surface area contributed by atoms with Gasteiger partial charge in [-0.25, -0.2) is 0 Å². The van der Waals surface area contributed by atoms with Crippen LogP contribution >= 0.6 is 0 Å². The van der Waals surface area contributed by atoms with Crippen molar-refractivity contribution < 1.29 is 4.79 Å². The lowest BCUT2D eigenvalue weighted by molar-refractivity contribution is 0.0687. The number of likely N-dealkylation sites (tertiary alicyclic amines) is 1. The fraction of sp³-hybridized carbons (Fsp3) is 0.571. The monoisotopic (exact) mass is 286 g/mol. The molecule has 0 radical (unpaired) electrons. The molecule has 110 valence electrons. The molecule has 3 heterocycles. The predicted octanol–water partition coefficient (Wildman–Crippen LogP) is 0.967. The Kier molecular flexibility index (Phi) is 2.98. The second kappa shape index (κ2) is 4.98. The molecule has 7 heteroatoms. The summed E-state index contributed by atoms with van der Waals surface area (Å²) in [4.78, 5) is 14.6. The van der Waals surface area contributed by atoms with E-state index in [2.05, 4.69) is 20.4 Å². The summed E-state index contributed by atoms with van der Waals surface area (Å²) in [7, 11) is 0. The van der Waals surface area contributed by atoms with Crippen LogP contribution in [-0.2, 0) is 12.8 Å². The largest absolute Gasteiger partial charge is 0.337 e. The van der Waals surface area contributed by atoms with Crippen LogP contribution in [0, 0.1) is 0 Å². The Bertz CT molecular complexity index is 638. The fourth-order valence-electron chi connectivity index (χ4n) is 3.41. The number of aromatic amines is 1. The predicted molar refractivity (Wildman–Crippen MR) is 74.8 cm³/mol. The molecule has 1 saturated heterocycles. The minimum absolute atomic E-state index is 0.0802. The summed E-state index contributed by atoms with van der Waals surface area (Å²) in [5.41, 5.74) is 2.93. The smallest absolute Gasteiger partial charge is 0.274 e. The van der Waals surface area contributed by atoms with E-state index in [9.17, 15) is 4.79 Å². The maximum absolute atomic E-state index is 12.6. The number of H-pyrrole nitrogens is 1. The van der Waals surface area contributed by atoms with Crippen LogP contribution in [0.2, 0.25) is 0 Å². The number of hydrogen-bond acceptors (Lipinski definition) is 4. The van der Waals surface area contributed by atoms with Crippen molar-refractivity contribution in [2.24, 2.45) is 0 Å². The van der Waals surface area contributed by atoms with Crippen molar-refractivity contribution in [3.05, 3.63) is 29.6 Å². The van der Waals surface area contributed by atoms with Gasteiger partial charge in [0.25, 0.3) is 5.91 Å². The second-order valence-corrected chi connectivity index (χ2v) is 5.82. The summed E-state index contributed by atoms with van der Waals surface area (Å²) in [6, 6.07) is 0.397. The molecule has 4 rings (SSSR count). The Morgan fingerprint density at radius 1 is 1.19 bits per heavy atom. The highest BCUT2D eigenvalue weighted by Crippen LogP contribution is 2.26. The van der Waals surface area contributed by atoms with Gasteiger partial charge in [-0.15, -0.1) is 10.2 Å². The third-order valence-electron chi connectivity index (χ3n) is 4.62. The van der Waals surface area contributed by atoms with Gasteiger partial charge >= 0.3 is 0 Å². The number of amides is 1. The molecular weight excluding hydrogens is 268 g/mol. The summed E-state index contributed by atoms with van der Waals surface area (Å²) in [5, 5.41) is 15.0. The zero-order valence-corrected chi connectivity index (χ0v) is 11.8. The first kappa shape index (κ1) is 12.6. The van der Waals surface area contributed by atoms with E-state index < -0.39 is 0 Å². The molecular formula is C14H18N6O. The lowest BCUT2D eigenvalue weighted by atomic mass is 10.0. The van der Waals surface area contributed by atoms with Crippen molar-refractivity contribution in [3.63, 3.8) is 0 Å². The quantitative estimate of drug-likeness (QED) is 0.892. The van der Waals surface area contributed by atoms with Crippen LogP contribution in [0.5, 0.6) is 0 Å². The minimum Gasteiger partial charge on any atom is -0.337 e. The van der Waals surface area contributed by atoms with Gasteiger partial charge in [-0.2, -0.15) is 5.10 Å². The highest BCUT2D eigenvalue weighted by Gasteiger charge is 2.29. The Labute approximate surface area is 122 Å². The summed E-state index contributed by atoms with van der Waals surface area (Å²) >= 11 is 0. The van der Waals surface area contributed by atoms with Gasteiger partial charge < -0.3 is 9.47 Å². The second-order valence-electron chi connectivity index (χ2n) is 5.82. The number of hydrogen-bond donors (Lipinski definition) is 1. The van der Waals surface area contributed by atoms with Crippen molar-refractivity contribution in [2.75, 3.05) is 13.1 Å². The molecule has 7 nitrogen and oxygen atoms in total. The molecule has 0 atom stereocenters. The first-order valence-electron chi connectivity index (χ1n) is 7.52. The summed E-state index contributed by atoms with van der Waals surface area (Å²) in [5.74, 6) is 0.0802. The maximum Gasteiger partial charge on any atom is 0.274 e. The average molecular weight is 286 g/mol. The van der Waals surface area contributed by atoms with E-state index in [1.807, 2.05) is 9.47 Å². The van der Waals surface area contributed by atoms with Crippen LogP contribution in [0.25, 0.3) is 0 Å². The molecule has 0 spiro atoms. The highest BCUT2D eigenvalue weighted by molar-refractivity contribution is 5.94. The first-order valence-corrected chi connectivity index (χ1v) is 7.52. The van der Waals surface area contributed by atoms with Crippen LogP contribution in [0.4, 0.5) is 0 Å². The summed E-state index contributed by atoms with van der Waals surface area (Å²) in [6.07, 6.45) is 8.51. The van der Waals surface area contributed by atoms with Crippen LogP contribution in [-0.4, -0.2) is 48.9 Å². The molecule has 2 aliphatic rings. The minimum atomic E-state index is 0.0802. The van der Waals surface area contributed by atoms with E-state index in [-0.39, 0.29) is 5.91 Å². The van der Waals surface area contributed by atoms with E-state index in [0.29, 0.717) is 11.7 Å². The van der Waals surface area contributed by atoms with Gasteiger partial charge in [0.1, 0.15) is 12.7 Å². The SMILES string of the molecule is O=C(c1n[nH]c2c1CCC2)N1CCC(n2cnnc2)CC1. The number of rotatable bonds is 2. The Morgan fingerprint density at radius 3 is 2.71 bits per heavy atom. The van der Waals surface area contributed by atoms with Crippen molar-refractivity contribution in [3.8, 4) is 0 Å². The molecule has 1 aliphatic carbocycles. The number of carbonyl (C=O) groups excluding carboxylic acids is 1. The van der Waals surface area contributed by atoms with Gasteiger partial charge in [0.05, 0.1) is 0 Å². The topological polar surface area (TPSA) is 79.7 Å². The third-order valence-corrected chi connectivity index (χ3v) is 4.62. The molecule has 1 amide bonds. The third kappa shape index (κ3) is 2.12. The molecule has 1 fully saturated rings. The van der Waals surface area contributed by atoms with Gasteiger partial charge in [-0.3, -0.25) is 9.89 Å². The van der Waals surface area contributed by atoms with Gasteiger partial charge in [0, 0.05) is 30.4 Å². The van der Waals surface area contributed by atoms with Gasteiger partial charge in [-0.1, -0.05) is 0 Å². The number of carbonyl (C=O) groups is 1. The molecule has 0 bridgehead atoms. The number of nitrogens with one attached hydrogen (secondary N) is 1. The van der Waals surface area contributed by atoms with Gasteiger partial charge in [0.2, 0.25) is 0 Å². The van der Waals surface area contributed by atoms with Crippen LogP contribution in [0.1, 0.15) is 47.1 Å². The molecule has 1 N–H and O–H groups in total. The molecule has 0 saturated carbocycles. The summed E-state index contributed by atoms with van der Waals surface area (Å²) in [6.45, 7) is 1.53. The normalized spacial score (nSPS) is 19.0. The van der Waals surface area contributed by atoms with E-state index in [1.165, 1.54) is 0 Å². The average Bonchev–Trinajstić information content (AvgIpc) is 3.24. The standard InChI is InChI=1S/C14H18N6O/c21-14(13-11-2-1-3-12(11)17-18-13)19-6-4-10(5-7-19)20-8-15-16-9-20/h8-10H,1-7H2,(H,17,18). The zero-order chi connectivity index (χ0) is 14.2. The Morgan fingerprint density at radius 2 is 1.95 bits per heavy atom. The maximum atomic E-state index is 12.6. The van der Waals surface area contributed by atoms with Gasteiger partial charge in [-0.05, 0) is 32.1 Å². The number of aromatic nitrogens is 5. The number of aryl methyl sites for hydroxylation is 1.